The van der Waals surface area contributed by atoms with Crippen LogP contribution >= 0.6 is 0 Å². The summed E-state index contributed by atoms with van der Waals surface area (Å²) in [7, 11) is 0. The zero-order valence-corrected chi connectivity index (χ0v) is 22.0. The van der Waals surface area contributed by atoms with Crippen LogP contribution in [0.3, 0.4) is 0 Å². The van der Waals surface area contributed by atoms with E-state index in [0.717, 1.165) is 26.8 Å². The van der Waals surface area contributed by atoms with Crippen LogP contribution in [0.5, 0.6) is 5.75 Å². The fourth-order valence-electron chi connectivity index (χ4n) is 4.47. The van der Waals surface area contributed by atoms with Crippen LogP contribution in [0, 0.1) is 6.92 Å². The lowest BCUT2D eigenvalue weighted by Crippen LogP contribution is -2.54. The summed E-state index contributed by atoms with van der Waals surface area (Å²) in [5.41, 5.74) is 3.11. The Morgan fingerprint density at radius 2 is 1.62 bits per heavy atom. The Bertz CT molecular complexity index is 1660. The summed E-state index contributed by atoms with van der Waals surface area (Å²) in [6, 6.07) is 24.2. The molecular formula is C32H26N2O6. The van der Waals surface area contributed by atoms with E-state index < -0.39 is 23.8 Å². The van der Waals surface area contributed by atoms with Crippen molar-refractivity contribution < 1.29 is 28.7 Å². The molecule has 4 amide bonds. The lowest BCUT2D eigenvalue weighted by molar-refractivity contribution is -0.122. The van der Waals surface area contributed by atoms with Crippen LogP contribution < -0.4 is 15.0 Å². The number of anilines is 1. The first-order valence-corrected chi connectivity index (χ1v) is 12.7. The van der Waals surface area contributed by atoms with Gasteiger partial charge in [-0.05, 0) is 78.2 Å². The smallest absolute Gasteiger partial charge is 0.338 e. The van der Waals surface area contributed by atoms with Gasteiger partial charge in [0.2, 0.25) is 0 Å². The number of benzene rings is 4. The van der Waals surface area contributed by atoms with Crippen LogP contribution in [0.15, 0.2) is 90.5 Å². The number of ether oxygens (including phenoxy) is 2. The maximum Gasteiger partial charge on any atom is 0.338 e. The number of carbonyl (C=O) groups is 4. The zero-order valence-electron chi connectivity index (χ0n) is 22.0. The van der Waals surface area contributed by atoms with Gasteiger partial charge >= 0.3 is 12.0 Å². The number of esters is 1. The number of hydrogen-bond donors (Lipinski definition) is 1. The Balaban J connectivity index is 1.32. The third-order valence-electron chi connectivity index (χ3n) is 6.59. The summed E-state index contributed by atoms with van der Waals surface area (Å²) in [5, 5.41) is 4.48. The molecule has 4 aromatic rings. The molecule has 5 rings (SSSR count). The van der Waals surface area contributed by atoms with Gasteiger partial charge in [-0.25, -0.2) is 14.5 Å². The first-order valence-electron chi connectivity index (χ1n) is 12.7. The Morgan fingerprint density at radius 3 is 2.35 bits per heavy atom. The number of hydrogen-bond acceptors (Lipinski definition) is 6. The molecular weight excluding hydrogens is 508 g/mol. The number of urea groups is 1. The Morgan fingerprint density at radius 1 is 0.900 bits per heavy atom. The van der Waals surface area contributed by atoms with Crippen LogP contribution in [0.2, 0.25) is 0 Å². The van der Waals surface area contributed by atoms with Crippen LogP contribution in [-0.2, 0) is 20.9 Å². The van der Waals surface area contributed by atoms with E-state index in [9.17, 15) is 19.2 Å². The van der Waals surface area contributed by atoms with Gasteiger partial charge in [-0.15, -0.1) is 0 Å². The average Bonchev–Trinajstić information content (AvgIpc) is 2.96. The topological polar surface area (TPSA) is 102 Å². The van der Waals surface area contributed by atoms with E-state index in [2.05, 4.69) is 36.5 Å². The molecule has 1 aliphatic heterocycles. The van der Waals surface area contributed by atoms with Crippen molar-refractivity contribution in [3.63, 3.8) is 0 Å². The molecule has 8 nitrogen and oxygen atoms in total. The van der Waals surface area contributed by atoms with Gasteiger partial charge in [0.1, 0.15) is 17.9 Å². The normalized spacial score (nSPS) is 14.4. The molecule has 0 bridgehead atoms. The lowest BCUT2D eigenvalue weighted by atomic mass is 10.0. The highest BCUT2D eigenvalue weighted by molar-refractivity contribution is 6.39. The molecule has 0 unspecified atom stereocenters. The fraction of sp³-hybridized carbons (Fsp3) is 0.125. The molecule has 0 atom stereocenters. The summed E-state index contributed by atoms with van der Waals surface area (Å²) in [6.45, 7) is 4.36. The van der Waals surface area contributed by atoms with Gasteiger partial charge in [0.25, 0.3) is 11.8 Å². The number of aryl methyl sites for hydroxylation is 1. The van der Waals surface area contributed by atoms with E-state index in [0.29, 0.717) is 17.9 Å². The van der Waals surface area contributed by atoms with E-state index in [-0.39, 0.29) is 23.4 Å². The Hall–Kier alpha value is -5.24. The van der Waals surface area contributed by atoms with E-state index in [4.69, 9.17) is 9.47 Å². The minimum atomic E-state index is -0.872. The molecule has 0 saturated carbocycles. The molecule has 4 aromatic carbocycles. The fourth-order valence-corrected chi connectivity index (χ4v) is 4.47. The van der Waals surface area contributed by atoms with Gasteiger partial charge in [-0.1, -0.05) is 48.5 Å². The maximum atomic E-state index is 13.2. The van der Waals surface area contributed by atoms with Gasteiger partial charge < -0.3 is 9.47 Å². The third kappa shape index (κ3) is 5.33. The van der Waals surface area contributed by atoms with Crippen molar-refractivity contribution in [1.82, 2.24) is 5.32 Å². The minimum absolute atomic E-state index is 0.200. The summed E-state index contributed by atoms with van der Waals surface area (Å²) in [5.74, 6) is -1.45. The molecule has 40 heavy (non-hydrogen) atoms. The van der Waals surface area contributed by atoms with E-state index in [1.807, 2.05) is 12.1 Å². The molecule has 0 aliphatic carbocycles. The first kappa shape index (κ1) is 26.4. The summed E-state index contributed by atoms with van der Waals surface area (Å²) < 4.78 is 11.0. The van der Waals surface area contributed by atoms with E-state index >= 15 is 0 Å². The standard InChI is InChI=1S/C32H26N2O6/c1-3-39-31(37)23-12-14-24(15-13-23)34-30(36)27(29(35)33-32(34)38)18-21-9-16-25(17-10-21)40-19-28-20(2)8-11-22-6-4-5-7-26(22)28/h4-18H,3,19H2,1-2H3,(H,33,35,38)/b27-18+. The third-order valence-corrected chi connectivity index (χ3v) is 6.59. The largest absolute Gasteiger partial charge is 0.489 e. The molecule has 1 fully saturated rings. The predicted molar refractivity (Wildman–Crippen MR) is 151 cm³/mol. The Kier molecular flexibility index (Phi) is 7.41. The number of amides is 4. The van der Waals surface area contributed by atoms with Gasteiger partial charge in [0.15, 0.2) is 0 Å². The molecule has 0 aromatic heterocycles. The van der Waals surface area contributed by atoms with Gasteiger partial charge in [0.05, 0.1) is 17.9 Å². The van der Waals surface area contributed by atoms with Crippen LogP contribution in [0.1, 0.15) is 34.0 Å². The van der Waals surface area contributed by atoms with Gasteiger partial charge in [-0.2, -0.15) is 0 Å². The number of barbiturate groups is 1. The molecule has 1 aliphatic rings. The lowest BCUT2D eigenvalue weighted by Gasteiger charge is -2.26. The highest BCUT2D eigenvalue weighted by Crippen LogP contribution is 2.26. The molecule has 1 N–H and O–H groups in total. The van der Waals surface area contributed by atoms with Crippen molar-refractivity contribution in [2.24, 2.45) is 0 Å². The zero-order chi connectivity index (χ0) is 28.2. The highest BCUT2D eigenvalue weighted by atomic mass is 16.5. The summed E-state index contributed by atoms with van der Waals surface area (Å²) in [4.78, 5) is 51.0. The second-order valence-corrected chi connectivity index (χ2v) is 9.17. The van der Waals surface area contributed by atoms with Gasteiger partial charge in [-0.3, -0.25) is 14.9 Å². The number of carbonyl (C=O) groups excluding carboxylic acids is 4. The Labute approximate surface area is 230 Å². The van der Waals surface area contributed by atoms with Crippen LogP contribution in [0.4, 0.5) is 10.5 Å². The van der Waals surface area contributed by atoms with Crippen molar-refractivity contribution in [3.8, 4) is 5.75 Å². The predicted octanol–water partition coefficient (Wildman–Crippen LogP) is 5.57. The molecule has 1 saturated heterocycles. The molecule has 200 valence electrons. The number of fused-ring (bicyclic) bond motifs is 1. The number of rotatable bonds is 7. The van der Waals surface area contributed by atoms with Crippen molar-refractivity contribution in [2.45, 2.75) is 20.5 Å². The van der Waals surface area contributed by atoms with Gasteiger partial charge in [0, 0.05) is 5.56 Å². The minimum Gasteiger partial charge on any atom is -0.489 e. The molecule has 0 radical (unpaired) electrons. The second kappa shape index (κ2) is 11.2. The highest BCUT2D eigenvalue weighted by Gasteiger charge is 2.36. The summed E-state index contributed by atoms with van der Waals surface area (Å²) in [6.07, 6.45) is 1.42. The number of nitrogens with one attached hydrogen (secondary N) is 1. The number of imide groups is 2. The number of nitrogens with zero attached hydrogens (tertiary/aromatic N) is 1. The molecule has 8 heteroatoms. The quantitative estimate of drug-likeness (QED) is 0.189. The van der Waals surface area contributed by atoms with E-state index in [1.54, 1.807) is 31.2 Å². The van der Waals surface area contributed by atoms with Crippen LogP contribution in [0.25, 0.3) is 16.8 Å². The summed E-state index contributed by atoms with van der Waals surface area (Å²) >= 11 is 0. The second-order valence-electron chi connectivity index (χ2n) is 9.17. The SMILES string of the molecule is CCOC(=O)c1ccc(N2C(=O)NC(=O)/C(=C\c3ccc(OCc4c(C)ccc5ccccc45)cc3)C2=O)cc1. The molecule has 1 heterocycles. The van der Waals surface area contributed by atoms with Crippen molar-refractivity contribution >= 4 is 46.4 Å². The maximum absolute atomic E-state index is 13.2. The van der Waals surface area contributed by atoms with Crippen molar-refractivity contribution in [3.05, 3.63) is 113 Å². The molecule has 0 spiro atoms. The van der Waals surface area contributed by atoms with Crippen LogP contribution in [-0.4, -0.2) is 30.4 Å². The van der Waals surface area contributed by atoms with Crippen molar-refractivity contribution in [1.29, 1.82) is 0 Å². The monoisotopic (exact) mass is 534 g/mol. The van der Waals surface area contributed by atoms with E-state index in [1.165, 1.54) is 30.3 Å². The average molecular weight is 535 g/mol. The van der Waals surface area contributed by atoms with Crippen molar-refractivity contribution in [2.75, 3.05) is 11.5 Å². The first-order chi connectivity index (χ1) is 19.4.